The van der Waals surface area contributed by atoms with Gasteiger partial charge in [-0.05, 0) is 72.4 Å². The zero-order chi connectivity index (χ0) is 25.7. The van der Waals surface area contributed by atoms with Gasteiger partial charge in [-0.1, -0.05) is 42.5 Å². The van der Waals surface area contributed by atoms with Crippen LogP contribution in [-0.4, -0.2) is 21.4 Å². The van der Waals surface area contributed by atoms with Gasteiger partial charge in [-0.2, -0.15) is 0 Å². The van der Waals surface area contributed by atoms with E-state index in [1.54, 1.807) is 22.9 Å². The van der Waals surface area contributed by atoms with Crippen LogP contribution >= 0.6 is 0 Å². The molecule has 2 aliphatic rings. The number of fused-ring (bicyclic) bond motifs is 1. The van der Waals surface area contributed by atoms with Crippen LogP contribution in [0, 0.1) is 28.9 Å². The molecule has 0 radical (unpaired) electrons. The molecular weight excluding hydrogens is 472 g/mol. The van der Waals surface area contributed by atoms with Crippen LogP contribution in [0.1, 0.15) is 48.0 Å². The number of carbonyl (C=O) groups is 2. The lowest BCUT2D eigenvalue weighted by molar-refractivity contribution is -0.157. The molecule has 6 heteroatoms. The van der Waals surface area contributed by atoms with Crippen LogP contribution in [0.5, 0.6) is 0 Å². The largest absolute Gasteiger partial charge is 0.481 e. The highest BCUT2D eigenvalue weighted by molar-refractivity contribution is 6.07. The molecule has 4 aromatic rings. The first-order chi connectivity index (χ1) is 17.8. The van der Waals surface area contributed by atoms with Crippen molar-refractivity contribution in [2.45, 2.75) is 38.6 Å². The van der Waals surface area contributed by atoms with E-state index in [2.05, 4.69) is 0 Å². The molecule has 188 valence electrons. The van der Waals surface area contributed by atoms with Gasteiger partial charge in [0.15, 0.2) is 5.78 Å². The average Bonchev–Trinajstić information content (AvgIpc) is 3.26. The van der Waals surface area contributed by atoms with Gasteiger partial charge in [0.05, 0.1) is 18.0 Å². The zero-order valence-corrected chi connectivity index (χ0v) is 20.3. The normalized spacial score (nSPS) is 22.5. The molecule has 0 atom stereocenters. The third kappa shape index (κ3) is 4.24. The van der Waals surface area contributed by atoms with Crippen molar-refractivity contribution in [3.05, 3.63) is 95.7 Å². The number of rotatable bonds is 7. The molecule has 1 spiro atoms. The third-order valence-electron chi connectivity index (χ3n) is 8.30. The topological polar surface area (TPSA) is 59.3 Å². The smallest absolute Gasteiger partial charge is 0.306 e. The second-order valence-electron chi connectivity index (χ2n) is 10.8. The molecule has 2 saturated carbocycles. The standard InChI is InChI=1S/C31H27F2NO3/c32-26-9-8-25(28(35)12-19-14-31(15-19)16-23(17-31)30(36)37)29-24(26)10-11-34(29)18-22-7-6-21(13-27(22)33)20-4-2-1-3-5-20/h1-11,13,19,23H,12,14-18H2,(H,36,37). The van der Waals surface area contributed by atoms with Gasteiger partial charge in [0.2, 0.25) is 0 Å². The number of Topliss-reactive ketones (excluding diaryl/α,β-unsaturated/α-hetero) is 1. The summed E-state index contributed by atoms with van der Waals surface area (Å²) in [6.07, 6.45) is 5.19. The first kappa shape index (κ1) is 23.6. The second kappa shape index (κ2) is 8.94. The number of benzene rings is 3. The van der Waals surface area contributed by atoms with Gasteiger partial charge >= 0.3 is 5.97 Å². The van der Waals surface area contributed by atoms with Gasteiger partial charge in [-0.25, -0.2) is 8.78 Å². The minimum atomic E-state index is -0.731. The minimum Gasteiger partial charge on any atom is -0.481 e. The number of ketones is 1. The molecule has 0 unspecified atom stereocenters. The lowest BCUT2D eigenvalue weighted by atomic mass is 9.47. The van der Waals surface area contributed by atoms with Crippen molar-refractivity contribution in [2.75, 3.05) is 0 Å². The van der Waals surface area contributed by atoms with E-state index in [9.17, 15) is 14.0 Å². The number of nitrogens with zero attached hydrogens (tertiary/aromatic N) is 1. The molecule has 4 nitrogen and oxygen atoms in total. The quantitative estimate of drug-likeness (QED) is 0.276. The second-order valence-corrected chi connectivity index (χ2v) is 10.8. The third-order valence-corrected chi connectivity index (χ3v) is 8.30. The zero-order valence-electron chi connectivity index (χ0n) is 20.3. The number of hydrogen-bond donors (Lipinski definition) is 1. The molecule has 1 aromatic heterocycles. The maximum absolute atomic E-state index is 15.1. The van der Waals surface area contributed by atoms with Gasteiger partial charge < -0.3 is 9.67 Å². The van der Waals surface area contributed by atoms with E-state index >= 15 is 4.39 Å². The van der Waals surface area contributed by atoms with Crippen molar-refractivity contribution in [3.63, 3.8) is 0 Å². The Bertz CT molecular complexity index is 1510. The lowest BCUT2D eigenvalue weighted by Gasteiger charge is -2.56. The molecule has 0 aliphatic heterocycles. The fraction of sp³-hybridized carbons (Fsp3) is 0.290. The molecule has 37 heavy (non-hydrogen) atoms. The molecule has 3 aromatic carbocycles. The Morgan fingerprint density at radius 2 is 1.65 bits per heavy atom. The number of halogens is 2. The van der Waals surface area contributed by atoms with Crippen molar-refractivity contribution in [1.82, 2.24) is 4.57 Å². The summed E-state index contributed by atoms with van der Waals surface area (Å²) >= 11 is 0. The van der Waals surface area contributed by atoms with Crippen LogP contribution in [0.15, 0.2) is 72.9 Å². The number of carbonyl (C=O) groups excluding carboxylic acids is 1. The Morgan fingerprint density at radius 3 is 2.35 bits per heavy atom. The summed E-state index contributed by atoms with van der Waals surface area (Å²) in [5.74, 6) is -1.59. The van der Waals surface area contributed by atoms with Gasteiger partial charge in [0, 0.05) is 29.1 Å². The fourth-order valence-corrected chi connectivity index (χ4v) is 6.49. The first-order valence-corrected chi connectivity index (χ1v) is 12.7. The monoisotopic (exact) mass is 499 g/mol. The van der Waals surface area contributed by atoms with Crippen LogP contribution in [0.2, 0.25) is 0 Å². The van der Waals surface area contributed by atoms with Gasteiger partial charge in [0.25, 0.3) is 0 Å². The molecule has 1 heterocycles. The van der Waals surface area contributed by atoms with Crippen LogP contribution in [-0.2, 0) is 11.3 Å². The summed E-state index contributed by atoms with van der Waals surface area (Å²) in [6, 6.07) is 19.2. The maximum atomic E-state index is 15.1. The Hall–Kier alpha value is -3.80. The molecular formula is C31H27F2NO3. The molecule has 2 aliphatic carbocycles. The number of carboxylic acid groups (broad SMARTS) is 1. The number of carboxylic acids is 1. The number of aromatic nitrogens is 1. The highest BCUT2D eigenvalue weighted by Crippen LogP contribution is 2.62. The Kier molecular flexibility index (Phi) is 5.70. The van der Waals surface area contributed by atoms with Crippen molar-refractivity contribution in [1.29, 1.82) is 0 Å². The summed E-state index contributed by atoms with van der Waals surface area (Å²) in [5.41, 5.74) is 3.18. The number of aliphatic carboxylic acids is 1. The number of hydrogen-bond acceptors (Lipinski definition) is 2. The summed E-state index contributed by atoms with van der Waals surface area (Å²) in [7, 11) is 0. The molecule has 0 amide bonds. The predicted molar refractivity (Wildman–Crippen MR) is 137 cm³/mol. The molecule has 0 bridgehead atoms. The van der Waals surface area contributed by atoms with Crippen LogP contribution < -0.4 is 0 Å². The van der Waals surface area contributed by atoms with Crippen molar-refractivity contribution in [2.24, 2.45) is 17.3 Å². The average molecular weight is 500 g/mol. The molecule has 1 N–H and O–H groups in total. The van der Waals surface area contributed by atoms with E-state index in [1.165, 1.54) is 18.2 Å². The Balaban J connectivity index is 1.22. The lowest BCUT2D eigenvalue weighted by Crippen LogP contribution is -2.50. The van der Waals surface area contributed by atoms with Crippen LogP contribution in [0.25, 0.3) is 22.0 Å². The summed E-state index contributed by atoms with van der Waals surface area (Å²) in [4.78, 5) is 24.5. The Labute approximate surface area is 213 Å². The van der Waals surface area contributed by atoms with Gasteiger partial charge in [-0.3, -0.25) is 9.59 Å². The van der Waals surface area contributed by atoms with Crippen molar-refractivity contribution in [3.8, 4) is 11.1 Å². The summed E-state index contributed by atoms with van der Waals surface area (Å²) in [5, 5.41) is 9.50. The summed E-state index contributed by atoms with van der Waals surface area (Å²) < 4.78 is 31.5. The van der Waals surface area contributed by atoms with Gasteiger partial charge in [0.1, 0.15) is 11.6 Å². The van der Waals surface area contributed by atoms with E-state index in [0.717, 1.165) is 24.0 Å². The first-order valence-electron chi connectivity index (χ1n) is 12.7. The predicted octanol–water partition coefficient (Wildman–Crippen LogP) is 7.10. The van der Waals surface area contributed by atoms with Crippen LogP contribution in [0.4, 0.5) is 8.78 Å². The highest BCUT2D eigenvalue weighted by atomic mass is 19.1. The van der Waals surface area contributed by atoms with E-state index < -0.39 is 11.8 Å². The highest BCUT2D eigenvalue weighted by Gasteiger charge is 2.54. The van der Waals surface area contributed by atoms with Gasteiger partial charge in [-0.15, -0.1) is 0 Å². The van der Waals surface area contributed by atoms with Crippen molar-refractivity contribution < 1.29 is 23.5 Å². The van der Waals surface area contributed by atoms with Crippen molar-refractivity contribution >= 4 is 22.7 Å². The summed E-state index contributed by atoms with van der Waals surface area (Å²) in [6.45, 7) is 0.178. The fourth-order valence-electron chi connectivity index (χ4n) is 6.49. The molecule has 6 rings (SSSR count). The maximum Gasteiger partial charge on any atom is 0.306 e. The molecule has 2 fully saturated rings. The van der Waals surface area contributed by atoms with E-state index in [4.69, 9.17) is 5.11 Å². The van der Waals surface area contributed by atoms with Crippen LogP contribution in [0.3, 0.4) is 0 Å². The SMILES string of the molecule is O=C(CC1CC2(C1)CC(C(=O)O)C2)c1ccc(F)c2ccn(Cc3ccc(-c4ccccc4)cc3F)c12. The van der Waals surface area contributed by atoms with E-state index in [1.807, 2.05) is 36.4 Å². The molecule has 0 saturated heterocycles. The minimum absolute atomic E-state index is 0.0567. The Morgan fingerprint density at radius 1 is 0.892 bits per heavy atom. The van der Waals surface area contributed by atoms with E-state index in [-0.39, 0.29) is 35.4 Å². The van der Waals surface area contributed by atoms with E-state index in [0.29, 0.717) is 41.3 Å².